The Bertz CT molecular complexity index is 1160. The van der Waals surface area contributed by atoms with Crippen molar-refractivity contribution in [3.05, 3.63) is 35.4 Å². The molecule has 8 N–H and O–H groups in total. The lowest BCUT2D eigenvalue weighted by atomic mass is 10.1. The second-order valence-electron chi connectivity index (χ2n) is 9.15. The van der Waals surface area contributed by atoms with Gasteiger partial charge in [0.05, 0.1) is 6.61 Å². The summed E-state index contributed by atoms with van der Waals surface area (Å²) in [7, 11) is 0. The predicted octanol–water partition coefficient (Wildman–Crippen LogP) is -0.383. The van der Waals surface area contributed by atoms with Gasteiger partial charge in [-0.05, 0) is 24.0 Å². The minimum Gasteiger partial charge on any atom is -0.481 e. The normalized spacial score (nSPS) is 21.8. The Kier molecular flexibility index (Phi) is 10.1. The number of nitrogens with zero attached hydrogens (tertiary/aromatic N) is 4. The Morgan fingerprint density at radius 2 is 1.79 bits per heavy atom. The van der Waals surface area contributed by atoms with Crippen molar-refractivity contribution in [2.24, 2.45) is 0 Å². The molecule has 0 radical (unpaired) electrons. The highest BCUT2D eigenvalue weighted by Gasteiger charge is 2.49. The first-order valence-corrected chi connectivity index (χ1v) is 12.4. The molecule has 2 aliphatic heterocycles. The number of aromatic nitrogens is 2. The van der Waals surface area contributed by atoms with Gasteiger partial charge in [0.1, 0.15) is 30.7 Å². The van der Waals surface area contributed by atoms with E-state index in [0.29, 0.717) is 25.1 Å². The number of carboxylic acid groups (broad SMARTS) is 1. The average Bonchev–Trinajstić information content (AvgIpc) is 3.39. The number of hydrogen-bond acceptors (Lipinski definition) is 12. The van der Waals surface area contributed by atoms with Gasteiger partial charge < -0.3 is 41.1 Å². The molecular formula is C24H34ClN7O7. The van der Waals surface area contributed by atoms with E-state index in [1.807, 2.05) is 24.3 Å². The Labute approximate surface area is 231 Å². The molecule has 0 aliphatic carbocycles. The number of aliphatic carboxylic acids is 1. The molecule has 2 unspecified atom stereocenters. The minimum atomic E-state index is -1.34. The van der Waals surface area contributed by atoms with Crippen molar-refractivity contribution in [1.29, 1.82) is 0 Å². The Balaban J connectivity index is 0.00000420. The lowest BCUT2D eigenvalue weighted by molar-refractivity contribution is -0.137. The highest BCUT2D eigenvalue weighted by atomic mass is 35.5. The van der Waals surface area contributed by atoms with Crippen LogP contribution in [0.15, 0.2) is 24.3 Å². The van der Waals surface area contributed by atoms with E-state index in [1.165, 1.54) is 5.01 Å². The summed E-state index contributed by atoms with van der Waals surface area (Å²) in [5, 5.41) is 43.8. The molecule has 0 spiro atoms. The van der Waals surface area contributed by atoms with Gasteiger partial charge >= 0.3 is 5.97 Å². The van der Waals surface area contributed by atoms with E-state index in [0.717, 1.165) is 11.1 Å². The number of halogens is 1. The third-order valence-electron chi connectivity index (χ3n) is 6.48. The fourth-order valence-corrected chi connectivity index (χ4v) is 4.39. The van der Waals surface area contributed by atoms with E-state index in [-0.39, 0.29) is 55.4 Å². The summed E-state index contributed by atoms with van der Waals surface area (Å²) in [5.74, 6) is -0.506. The number of aliphatic hydroxyl groups excluding tert-OH is 3. The fraction of sp³-hybridized carbons (Fsp3) is 0.500. The van der Waals surface area contributed by atoms with E-state index in [4.69, 9.17) is 15.6 Å². The van der Waals surface area contributed by atoms with Gasteiger partial charge in [0.25, 0.3) is 0 Å². The van der Waals surface area contributed by atoms with Gasteiger partial charge in [-0.3, -0.25) is 20.0 Å². The Morgan fingerprint density at radius 1 is 1.13 bits per heavy atom. The Hall–Kier alpha value is -3.43. The van der Waals surface area contributed by atoms with Crippen LogP contribution >= 0.6 is 12.4 Å². The van der Waals surface area contributed by atoms with Crippen molar-refractivity contribution < 1.29 is 34.8 Å². The molecule has 15 heteroatoms. The topological polar surface area (TPSA) is 207 Å². The van der Waals surface area contributed by atoms with Crippen LogP contribution in [0.2, 0.25) is 0 Å². The number of amides is 1. The molecule has 1 fully saturated rings. The number of carbonyl (C=O) groups excluding carboxylic acids is 1. The van der Waals surface area contributed by atoms with Crippen LogP contribution in [0.4, 0.5) is 23.3 Å². The van der Waals surface area contributed by atoms with Crippen LogP contribution in [0.1, 0.15) is 30.9 Å². The quantitative estimate of drug-likeness (QED) is 0.185. The largest absolute Gasteiger partial charge is 0.481 e. The lowest BCUT2D eigenvalue weighted by Crippen LogP contribution is -2.50. The summed E-state index contributed by atoms with van der Waals surface area (Å²) in [6, 6.07) is 7.68. The zero-order chi connectivity index (χ0) is 27.4. The highest BCUT2D eigenvalue weighted by molar-refractivity contribution is 5.86. The molecule has 4 atom stereocenters. The molecule has 1 aromatic carbocycles. The molecule has 3 heterocycles. The molecule has 1 aromatic heterocycles. The van der Waals surface area contributed by atoms with Crippen molar-refractivity contribution in [1.82, 2.24) is 15.4 Å². The minimum absolute atomic E-state index is 0. The van der Waals surface area contributed by atoms with Gasteiger partial charge in [0, 0.05) is 19.4 Å². The van der Waals surface area contributed by atoms with Crippen LogP contribution in [0, 0.1) is 0 Å². The number of nitrogens with one attached hydrogen (secondary N) is 2. The van der Waals surface area contributed by atoms with Gasteiger partial charge in [-0.2, -0.15) is 9.97 Å². The molecule has 1 saturated heterocycles. The van der Waals surface area contributed by atoms with E-state index in [9.17, 15) is 24.9 Å². The molecule has 4 rings (SSSR count). The summed E-state index contributed by atoms with van der Waals surface area (Å²) in [4.78, 5) is 33.3. The van der Waals surface area contributed by atoms with Crippen LogP contribution < -0.4 is 26.4 Å². The number of carboxylic acids is 1. The molecule has 2 aromatic rings. The van der Waals surface area contributed by atoms with Crippen molar-refractivity contribution in [2.45, 2.75) is 57.1 Å². The zero-order valence-corrected chi connectivity index (χ0v) is 22.2. The standard InChI is InChI=1S/C24H33N7O7.ClH/c1-2-16(33)29-31-12-30(23-20(37)19(36)15(11-32)38-23)22-18(31)21(25)27-24(28-22)26-10-9-14-5-3-13(4-6-14)7-8-17(34)35;/h3-6,15,19-20,23,32,36-37H,2,7-12H2,1H3,(H,29,33)(H,34,35)(H3,25,26,27,28);1H/t15-,19?,20?,23-;/m1./s1. The van der Waals surface area contributed by atoms with Crippen LogP contribution in [0.5, 0.6) is 0 Å². The summed E-state index contributed by atoms with van der Waals surface area (Å²) in [6.07, 6.45) is -3.27. The number of ether oxygens (including phenoxy) is 1. The van der Waals surface area contributed by atoms with Crippen LogP contribution in [0.25, 0.3) is 0 Å². The molecule has 0 saturated carbocycles. The second-order valence-corrected chi connectivity index (χ2v) is 9.15. The van der Waals surface area contributed by atoms with Gasteiger partial charge in [-0.15, -0.1) is 12.4 Å². The summed E-state index contributed by atoms with van der Waals surface area (Å²) < 4.78 is 5.70. The van der Waals surface area contributed by atoms with Crippen LogP contribution in [-0.4, -0.2) is 86.6 Å². The first kappa shape index (κ1) is 30.1. The third kappa shape index (κ3) is 6.78. The summed E-state index contributed by atoms with van der Waals surface area (Å²) in [5.41, 5.74) is 11.3. The average molecular weight is 568 g/mol. The molecule has 0 bridgehead atoms. The number of nitrogens with two attached hydrogens (primary N) is 1. The number of hydrazine groups is 1. The number of aryl methyl sites for hydroxylation is 1. The maximum Gasteiger partial charge on any atom is 0.303 e. The molecule has 2 aliphatic rings. The number of fused-ring (bicyclic) bond motifs is 1. The predicted molar refractivity (Wildman–Crippen MR) is 144 cm³/mol. The smallest absolute Gasteiger partial charge is 0.303 e. The number of carbonyl (C=O) groups is 2. The number of rotatable bonds is 11. The number of anilines is 4. The van der Waals surface area contributed by atoms with Crippen LogP contribution in [0.3, 0.4) is 0 Å². The fourth-order valence-electron chi connectivity index (χ4n) is 4.39. The van der Waals surface area contributed by atoms with E-state index >= 15 is 0 Å². The maximum atomic E-state index is 12.1. The first-order valence-electron chi connectivity index (χ1n) is 12.4. The Morgan fingerprint density at radius 3 is 2.38 bits per heavy atom. The molecule has 1 amide bonds. The summed E-state index contributed by atoms with van der Waals surface area (Å²) >= 11 is 0. The third-order valence-corrected chi connectivity index (χ3v) is 6.48. The van der Waals surface area contributed by atoms with Gasteiger partial charge in [0.2, 0.25) is 11.9 Å². The van der Waals surface area contributed by atoms with Crippen molar-refractivity contribution in [3.63, 3.8) is 0 Å². The van der Waals surface area contributed by atoms with Crippen molar-refractivity contribution in [3.8, 4) is 0 Å². The highest BCUT2D eigenvalue weighted by Crippen LogP contribution is 2.41. The molecule has 14 nitrogen and oxygen atoms in total. The second kappa shape index (κ2) is 13.1. The number of aliphatic hydroxyl groups is 3. The zero-order valence-electron chi connectivity index (χ0n) is 21.4. The monoisotopic (exact) mass is 567 g/mol. The molecule has 39 heavy (non-hydrogen) atoms. The van der Waals surface area contributed by atoms with Gasteiger partial charge in [-0.1, -0.05) is 31.2 Å². The number of hydrogen-bond donors (Lipinski definition) is 7. The van der Waals surface area contributed by atoms with E-state index < -0.39 is 37.1 Å². The summed E-state index contributed by atoms with van der Waals surface area (Å²) in [6.45, 7) is 1.71. The maximum absolute atomic E-state index is 12.1. The van der Waals surface area contributed by atoms with Crippen molar-refractivity contribution >= 4 is 47.6 Å². The van der Waals surface area contributed by atoms with E-state index in [2.05, 4.69) is 20.7 Å². The number of nitrogen functional groups attached to an aromatic ring is 1. The van der Waals surface area contributed by atoms with Gasteiger partial charge in [-0.25, -0.2) is 0 Å². The lowest BCUT2D eigenvalue weighted by Gasteiger charge is -2.28. The SMILES string of the molecule is CCC(=O)NN1CN([C@@H]2O[C@H](CO)C(O)C2O)c2nc(NCCc3ccc(CCC(=O)O)cc3)nc(N)c21.Cl. The van der Waals surface area contributed by atoms with Crippen LogP contribution in [-0.2, 0) is 27.2 Å². The van der Waals surface area contributed by atoms with E-state index in [1.54, 1.807) is 11.8 Å². The molecule has 214 valence electrons. The molecular weight excluding hydrogens is 534 g/mol. The first-order chi connectivity index (χ1) is 18.2. The number of benzene rings is 1. The van der Waals surface area contributed by atoms with Crippen molar-refractivity contribution in [2.75, 3.05) is 40.8 Å². The van der Waals surface area contributed by atoms with Gasteiger partial charge in [0.15, 0.2) is 17.9 Å².